The van der Waals surface area contributed by atoms with Crippen molar-refractivity contribution in [2.45, 2.75) is 72.6 Å². The highest BCUT2D eigenvalue weighted by molar-refractivity contribution is 6.00. The zero-order valence-corrected chi connectivity index (χ0v) is 24.5. The number of H-pyrrole nitrogens is 1. The van der Waals surface area contributed by atoms with Crippen LogP contribution in [0, 0.1) is 6.92 Å². The normalized spacial score (nSPS) is 12.1. The molecular weight excluding hydrogens is 468 g/mol. The molecule has 0 unspecified atom stereocenters. The van der Waals surface area contributed by atoms with Crippen LogP contribution in [0.2, 0.25) is 0 Å². The van der Waals surface area contributed by atoms with E-state index >= 15 is 0 Å². The number of nitrogens with zero attached hydrogens (tertiary/aromatic N) is 2. The number of nitrogens with one attached hydrogen (secondary N) is 2. The van der Waals surface area contributed by atoms with Crippen LogP contribution >= 0.6 is 0 Å². The summed E-state index contributed by atoms with van der Waals surface area (Å²) in [5.41, 5.74) is 9.62. The van der Waals surface area contributed by atoms with E-state index in [4.69, 9.17) is 9.78 Å². The molecule has 1 aromatic carbocycles. The summed E-state index contributed by atoms with van der Waals surface area (Å²) in [6, 6.07) is 11.4. The number of hydrogen-bond donors (Lipinski definition) is 2. The van der Waals surface area contributed by atoms with Crippen LogP contribution in [0.4, 0.5) is 0 Å². The van der Waals surface area contributed by atoms with Gasteiger partial charge < -0.3 is 20.0 Å². The predicted molar refractivity (Wildman–Crippen MR) is 164 cm³/mol. The predicted octanol–water partition coefficient (Wildman–Crippen LogP) is 7.55. The third-order valence-electron chi connectivity index (χ3n) is 6.68. The third-order valence-corrected chi connectivity index (χ3v) is 6.68. The Morgan fingerprint density at radius 2 is 1.89 bits per heavy atom. The van der Waals surface area contributed by atoms with Crippen molar-refractivity contribution >= 4 is 29.1 Å². The van der Waals surface area contributed by atoms with E-state index in [2.05, 4.69) is 99.5 Å². The first-order valence-electron chi connectivity index (χ1n) is 14.1. The summed E-state index contributed by atoms with van der Waals surface area (Å²) in [5, 5.41) is 4.92. The van der Waals surface area contributed by atoms with Gasteiger partial charge in [0.15, 0.2) is 0 Å². The second-order valence-electron chi connectivity index (χ2n) is 10.1. The molecular formula is C33H48N4O. The fourth-order valence-electron chi connectivity index (χ4n) is 4.85. The largest absolute Gasteiger partial charge is 0.384 e. The molecule has 206 valence electrons. The molecule has 3 aromatic rings. The Balaban J connectivity index is 0.00000247. The zero-order valence-electron chi connectivity index (χ0n) is 24.5. The minimum Gasteiger partial charge on any atom is -0.384 e. The summed E-state index contributed by atoms with van der Waals surface area (Å²) in [5.74, 6) is 0. The SMILES string of the molecule is C/C=C(/c1cccc(CCCCCC)c1)c1c(/C(=C/CC)NCCCN(C)C)[nH]c2ncc(C)cc12.C=O. The summed E-state index contributed by atoms with van der Waals surface area (Å²) in [4.78, 5) is 18.7. The molecule has 2 aromatic heterocycles. The first-order valence-corrected chi connectivity index (χ1v) is 14.1. The Bertz CT molecular complexity index is 1190. The molecule has 3 rings (SSSR count). The van der Waals surface area contributed by atoms with E-state index in [9.17, 15) is 0 Å². The number of aromatic nitrogens is 2. The minimum atomic E-state index is 0.934. The number of fused-ring (bicyclic) bond motifs is 1. The average Bonchev–Trinajstić information content (AvgIpc) is 3.28. The molecule has 0 aliphatic rings. The van der Waals surface area contributed by atoms with Crippen LogP contribution in [-0.4, -0.2) is 48.8 Å². The highest BCUT2D eigenvalue weighted by Gasteiger charge is 2.20. The van der Waals surface area contributed by atoms with Crippen LogP contribution in [0.25, 0.3) is 22.3 Å². The molecule has 0 spiro atoms. The molecule has 0 aliphatic heterocycles. The van der Waals surface area contributed by atoms with Crippen molar-refractivity contribution < 1.29 is 4.79 Å². The molecule has 2 N–H and O–H groups in total. The number of pyridine rings is 1. The quantitative estimate of drug-likeness (QED) is 0.217. The Morgan fingerprint density at radius 1 is 1.11 bits per heavy atom. The number of aromatic amines is 1. The van der Waals surface area contributed by atoms with Crippen LogP contribution in [0.15, 0.2) is 48.7 Å². The van der Waals surface area contributed by atoms with E-state index in [1.807, 2.05) is 13.0 Å². The maximum Gasteiger partial charge on any atom is 0.138 e. The lowest BCUT2D eigenvalue weighted by Crippen LogP contribution is -2.21. The maximum atomic E-state index is 8.00. The summed E-state index contributed by atoms with van der Waals surface area (Å²) in [6.07, 6.45) is 14.9. The van der Waals surface area contributed by atoms with Gasteiger partial charge in [-0.15, -0.1) is 0 Å². The Labute approximate surface area is 230 Å². The second kappa shape index (κ2) is 16.6. The van der Waals surface area contributed by atoms with Gasteiger partial charge in [0.05, 0.1) is 11.4 Å². The van der Waals surface area contributed by atoms with Gasteiger partial charge in [0.25, 0.3) is 0 Å². The van der Waals surface area contributed by atoms with E-state index in [0.29, 0.717) is 0 Å². The number of unbranched alkanes of at least 4 members (excludes halogenated alkanes) is 3. The zero-order chi connectivity index (χ0) is 27.9. The highest BCUT2D eigenvalue weighted by atomic mass is 16.1. The van der Waals surface area contributed by atoms with Crippen molar-refractivity contribution in [3.63, 3.8) is 0 Å². The van der Waals surface area contributed by atoms with Gasteiger partial charge in [0, 0.05) is 23.7 Å². The van der Waals surface area contributed by atoms with Crippen LogP contribution in [-0.2, 0) is 11.2 Å². The molecule has 0 amide bonds. The standard InChI is InChI=1S/C32H46N4.CH2O/c1-7-10-11-12-16-25-17-13-18-26(22-25)27(9-3)30-28-21-24(4)23-34-32(28)35-31(30)29(15-8-2)33-19-14-20-36(5)6;1-2/h9,13,15,17-18,21-23,33H,7-8,10-12,14,16,19-20H2,1-6H3,(H,34,35);1H2/b27-9-,29-15-;. The van der Waals surface area contributed by atoms with Crippen LogP contribution < -0.4 is 5.32 Å². The molecule has 0 radical (unpaired) electrons. The second-order valence-corrected chi connectivity index (χ2v) is 10.1. The van der Waals surface area contributed by atoms with Gasteiger partial charge in [0.1, 0.15) is 12.4 Å². The number of allylic oxidation sites excluding steroid dienone is 2. The Morgan fingerprint density at radius 3 is 2.58 bits per heavy atom. The van der Waals surface area contributed by atoms with Gasteiger partial charge in [0.2, 0.25) is 0 Å². The molecule has 2 heterocycles. The molecule has 0 saturated carbocycles. The Hall–Kier alpha value is -3.18. The maximum absolute atomic E-state index is 8.00. The van der Waals surface area contributed by atoms with Gasteiger partial charge in [-0.05, 0) is 88.5 Å². The van der Waals surface area contributed by atoms with Gasteiger partial charge >= 0.3 is 0 Å². The van der Waals surface area contributed by atoms with Gasteiger partial charge in [-0.1, -0.05) is 69.5 Å². The molecule has 5 heteroatoms. The van der Waals surface area contributed by atoms with Gasteiger partial charge in [-0.25, -0.2) is 4.98 Å². The fourth-order valence-corrected chi connectivity index (χ4v) is 4.85. The number of hydrogen-bond acceptors (Lipinski definition) is 4. The lowest BCUT2D eigenvalue weighted by molar-refractivity contribution is -0.0979. The van der Waals surface area contributed by atoms with Crippen LogP contribution in [0.1, 0.15) is 87.2 Å². The number of rotatable bonds is 14. The topological polar surface area (TPSA) is 61.0 Å². The van der Waals surface area contributed by atoms with Crippen molar-refractivity contribution in [1.29, 1.82) is 0 Å². The molecule has 0 saturated heterocycles. The molecule has 38 heavy (non-hydrogen) atoms. The van der Waals surface area contributed by atoms with Crippen molar-refractivity contribution in [3.8, 4) is 0 Å². The molecule has 0 aliphatic carbocycles. The smallest absolute Gasteiger partial charge is 0.138 e. The fraction of sp³-hybridized carbons (Fsp3) is 0.455. The van der Waals surface area contributed by atoms with Crippen molar-refractivity contribution in [2.75, 3.05) is 27.2 Å². The van der Waals surface area contributed by atoms with Crippen molar-refractivity contribution in [1.82, 2.24) is 20.2 Å². The van der Waals surface area contributed by atoms with Crippen LogP contribution in [0.5, 0.6) is 0 Å². The van der Waals surface area contributed by atoms with Crippen LogP contribution in [0.3, 0.4) is 0 Å². The van der Waals surface area contributed by atoms with Crippen molar-refractivity contribution in [3.05, 3.63) is 76.6 Å². The van der Waals surface area contributed by atoms with Gasteiger partial charge in [-0.2, -0.15) is 0 Å². The third kappa shape index (κ3) is 8.70. The summed E-state index contributed by atoms with van der Waals surface area (Å²) >= 11 is 0. The monoisotopic (exact) mass is 516 g/mol. The lowest BCUT2D eigenvalue weighted by atomic mass is 9.92. The van der Waals surface area contributed by atoms with E-state index in [1.54, 1.807) is 0 Å². The number of benzene rings is 1. The number of aryl methyl sites for hydroxylation is 2. The van der Waals surface area contributed by atoms with E-state index < -0.39 is 0 Å². The van der Waals surface area contributed by atoms with E-state index in [0.717, 1.165) is 49.4 Å². The highest BCUT2D eigenvalue weighted by Crippen LogP contribution is 2.36. The molecule has 5 nitrogen and oxygen atoms in total. The molecule has 0 bridgehead atoms. The first kappa shape index (κ1) is 31.0. The summed E-state index contributed by atoms with van der Waals surface area (Å²) in [7, 11) is 4.26. The summed E-state index contributed by atoms with van der Waals surface area (Å²) < 4.78 is 0. The van der Waals surface area contributed by atoms with E-state index in [-0.39, 0.29) is 0 Å². The average molecular weight is 517 g/mol. The number of carbonyl (C=O) groups is 1. The molecule has 0 fully saturated rings. The number of carbonyl (C=O) groups excluding carboxylic acids is 1. The van der Waals surface area contributed by atoms with Crippen molar-refractivity contribution in [2.24, 2.45) is 0 Å². The lowest BCUT2D eigenvalue weighted by Gasteiger charge is -2.16. The molecule has 0 atom stereocenters. The van der Waals surface area contributed by atoms with E-state index in [1.165, 1.54) is 58.9 Å². The van der Waals surface area contributed by atoms with Gasteiger partial charge in [-0.3, -0.25) is 0 Å². The summed E-state index contributed by atoms with van der Waals surface area (Å²) in [6.45, 7) is 12.7. The first-order chi connectivity index (χ1) is 18.5. The minimum absolute atomic E-state index is 0.934. The Kier molecular flexibility index (Phi) is 13.6.